The van der Waals surface area contributed by atoms with E-state index in [9.17, 15) is 12.8 Å². The van der Waals surface area contributed by atoms with Crippen LogP contribution >= 0.6 is 0 Å². The lowest BCUT2D eigenvalue weighted by Crippen LogP contribution is -2.41. The first-order valence-corrected chi connectivity index (χ1v) is 9.05. The Hall–Kier alpha value is -0.980. The molecule has 0 atom stereocenters. The van der Waals surface area contributed by atoms with Crippen LogP contribution in [0, 0.1) is 11.7 Å². The highest BCUT2D eigenvalue weighted by Crippen LogP contribution is 2.21. The van der Waals surface area contributed by atoms with Gasteiger partial charge in [-0.3, -0.25) is 0 Å². The zero-order valence-corrected chi connectivity index (χ0v) is 13.2. The molecule has 1 aliphatic heterocycles. The third-order valence-corrected chi connectivity index (χ3v) is 5.76. The second-order valence-electron chi connectivity index (χ2n) is 5.53. The molecule has 0 amide bonds. The van der Waals surface area contributed by atoms with Gasteiger partial charge in [-0.2, -0.15) is 0 Å². The molecule has 0 aromatic heterocycles. The second-order valence-corrected chi connectivity index (χ2v) is 7.50. The van der Waals surface area contributed by atoms with Crippen molar-refractivity contribution in [2.75, 3.05) is 26.2 Å². The van der Waals surface area contributed by atoms with Gasteiger partial charge in [0.15, 0.2) is 0 Å². The van der Waals surface area contributed by atoms with Gasteiger partial charge in [-0.15, -0.1) is 0 Å². The van der Waals surface area contributed by atoms with E-state index < -0.39 is 10.0 Å². The Morgan fingerprint density at radius 1 is 1.24 bits per heavy atom. The molecular formula is C15H23FN2O2S. The maximum Gasteiger partial charge on any atom is 0.218 e. The number of sulfonamides is 1. The molecule has 1 aromatic carbocycles. The third-order valence-electron chi connectivity index (χ3n) is 3.91. The summed E-state index contributed by atoms with van der Waals surface area (Å²) in [6.07, 6.45) is 1.80. The smallest absolute Gasteiger partial charge is 0.218 e. The van der Waals surface area contributed by atoms with Crippen LogP contribution in [0.1, 0.15) is 25.3 Å². The first-order chi connectivity index (χ1) is 10.0. The quantitative estimate of drug-likeness (QED) is 0.873. The minimum absolute atomic E-state index is 0.0504. The van der Waals surface area contributed by atoms with Crippen LogP contribution in [0.2, 0.25) is 0 Å². The van der Waals surface area contributed by atoms with E-state index in [2.05, 4.69) is 12.2 Å². The van der Waals surface area contributed by atoms with E-state index in [0.29, 0.717) is 24.6 Å². The summed E-state index contributed by atoms with van der Waals surface area (Å²) in [4.78, 5) is 0. The van der Waals surface area contributed by atoms with Gasteiger partial charge in [0.2, 0.25) is 10.0 Å². The zero-order valence-electron chi connectivity index (χ0n) is 12.4. The molecule has 0 spiro atoms. The monoisotopic (exact) mass is 314 g/mol. The topological polar surface area (TPSA) is 49.4 Å². The maximum atomic E-state index is 12.9. The van der Waals surface area contributed by atoms with Crippen molar-refractivity contribution in [1.29, 1.82) is 0 Å². The predicted molar refractivity (Wildman–Crippen MR) is 81.9 cm³/mol. The molecule has 1 heterocycles. The van der Waals surface area contributed by atoms with Crippen LogP contribution in [0.4, 0.5) is 4.39 Å². The minimum Gasteiger partial charge on any atom is -0.317 e. The van der Waals surface area contributed by atoms with Crippen LogP contribution in [0.25, 0.3) is 0 Å². The summed E-state index contributed by atoms with van der Waals surface area (Å²) < 4.78 is 39.2. The van der Waals surface area contributed by atoms with Crippen LogP contribution in [0.3, 0.4) is 0 Å². The Bertz CT molecular complexity index is 537. The van der Waals surface area contributed by atoms with Crippen molar-refractivity contribution >= 4 is 10.0 Å². The van der Waals surface area contributed by atoms with Gasteiger partial charge >= 0.3 is 0 Å². The van der Waals surface area contributed by atoms with Crippen LogP contribution in [0.15, 0.2) is 24.3 Å². The van der Waals surface area contributed by atoms with Crippen molar-refractivity contribution in [2.24, 2.45) is 5.92 Å². The number of hydrogen-bond donors (Lipinski definition) is 1. The summed E-state index contributed by atoms with van der Waals surface area (Å²) in [5.74, 6) is 0.160. The van der Waals surface area contributed by atoms with Crippen molar-refractivity contribution in [3.63, 3.8) is 0 Å². The second kappa shape index (κ2) is 7.33. The summed E-state index contributed by atoms with van der Waals surface area (Å²) >= 11 is 0. The molecule has 1 aromatic rings. The average molecular weight is 314 g/mol. The number of piperidine rings is 1. The van der Waals surface area contributed by atoms with E-state index in [4.69, 9.17) is 0 Å². The zero-order chi connectivity index (χ0) is 15.3. The normalized spacial score (nSPS) is 18.0. The van der Waals surface area contributed by atoms with E-state index in [1.807, 2.05) is 0 Å². The van der Waals surface area contributed by atoms with E-state index >= 15 is 0 Å². The van der Waals surface area contributed by atoms with Gasteiger partial charge in [-0.25, -0.2) is 17.1 Å². The van der Waals surface area contributed by atoms with Gasteiger partial charge in [0, 0.05) is 13.1 Å². The fraction of sp³-hybridized carbons (Fsp3) is 0.600. The first-order valence-electron chi connectivity index (χ1n) is 7.44. The molecule has 0 unspecified atom stereocenters. The van der Waals surface area contributed by atoms with E-state index in [0.717, 1.165) is 25.9 Å². The molecule has 0 aliphatic carbocycles. The van der Waals surface area contributed by atoms with Crippen molar-refractivity contribution in [3.8, 4) is 0 Å². The van der Waals surface area contributed by atoms with Gasteiger partial charge in [-0.1, -0.05) is 19.1 Å². The Kier molecular flexibility index (Phi) is 5.72. The van der Waals surface area contributed by atoms with Crippen molar-refractivity contribution in [3.05, 3.63) is 35.6 Å². The Balaban J connectivity index is 1.90. The molecule has 1 saturated heterocycles. The summed E-state index contributed by atoms with van der Waals surface area (Å²) in [5, 5.41) is 3.31. The lowest BCUT2D eigenvalue weighted by molar-refractivity contribution is 0.268. The van der Waals surface area contributed by atoms with Crippen molar-refractivity contribution in [1.82, 2.24) is 9.62 Å². The Labute approximate surface area is 126 Å². The van der Waals surface area contributed by atoms with Gasteiger partial charge < -0.3 is 5.32 Å². The van der Waals surface area contributed by atoms with E-state index in [1.165, 1.54) is 24.3 Å². The van der Waals surface area contributed by atoms with E-state index in [-0.39, 0.29) is 11.6 Å². The molecule has 0 radical (unpaired) electrons. The Morgan fingerprint density at radius 2 is 1.86 bits per heavy atom. The van der Waals surface area contributed by atoms with Crippen LogP contribution in [-0.2, 0) is 15.8 Å². The lowest BCUT2D eigenvalue weighted by Gasteiger charge is -2.31. The van der Waals surface area contributed by atoms with Crippen LogP contribution < -0.4 is 5.32 Å². The molecule has 21 heavy (non-hydrogen) atoms. The Morgan fingerprint density at radius 3 is 2.43 bits per heavy atom. The van der Waals surface area contributed by atoms with Crippen LogP contribution in [-0.4, -0.2) is 38.9 Å². The summed E-state index contributed by atoms with van der Waals surface area (Å²) in [7, 11) is -3.30. The molecule has 0 saturated carbocycles. The molecule has 118 valence electrons. The number of benzene rings is 1. The average Bonchev–Trinajstić information content (AvgIpc) is 2.48. The molecule has 0 bridgehead atoms. The molecule has 2 rings (SSSR count). The highest BCUT2D eigenvalue weighted by molar-refractivity contribution is 7.88. The van der Waals surface area contributed by atoms with Gasteiger partial charge in [-0.05, 0) is 49.5 Å². The molecule has 1 fully saturated rings. The SMILES string of the molecule is CCNCC1CCN(S(=O)(=O)Cc2ccc(F)cc2)CC1. The number of halogens is 1. The van der Waals surface area contributed by atoms with Gasteiger partial charge in [0.05, 0.1) is 5.75 Å². The molecule has 1 N–H and O–H groups in total. The van der Waals surface area contributed by atoms with Gasteiger partial charge in [0.25, 0.3) is 0 Å². The summed E-state index contributed by atoms with van der Waals surface area (Å²) in [5.41, 5.74) is 0.631. The molecule has 1 aliphatic rings. The minimum atomic E-state index is -3.30. The highest BCUT2D eigenvalue weighted by Gasteiger charge is 2.27. The fourth-order valence-electron chi connectivity index (χ4n) is 2.62. The van der Waals surface area contributed by atoms with Crippen molar-refractivity contribution in [2.45, 2.75) is 25.5 Å². The van der Waals surface area contributed by atoms with Gasteiger partial charge in [0.1, 0.15) is 5.82 Å². The molecule has 4 nitrogen and oxygen atoms in total. The maximum absolute atomic E-state index is 12.9. The first kappa shape index (κ1) is 16.4. The molecule has 6 heteroatoms. The highest BCUT2D eigenvalue weighted by atomic mass is 32.2. The number of hydrogen-bond acceptors (Lipinski definition) is 3. The third kappa shape index (κ3) is 4.76. The number of nitrogens with zero attached hydrogens (tertiary/aromatic N) is 1. The molecular weight excluding hydrogens is 291 g/mol. The lowest BCUT2D eigenvalue weighted by atomic mass is 9.98. The fourth-order valence-corrected chi connectivity index (χ4v) is 4.19. The number of rotatable bonds is 6. The predicted octanol–water partition coefficient (Wildman–Crippen LogP) is 1.98. The van der Waals surface area contributed by atoms with Crippen molar-refractivity contribution < 1.29 is 12.8 Å². The van der Waals surface area contributed by atoms with Crippen LogP contribution in [0.5, 0.6) is 0 Å². The van der Waals surface area contributed by atoms with E-state index in [1.54, 1.807) is 4.31 Å². The largest absolute Gasteiger partial charge is 0.317 e. The summed E-state index contributed by atoms with van der Waals surface area (Å²) in [6.45, 7) is 5.15. The standard InChI is InChI=1S/C15H23FN2O2S/c1-2-17-11-13-7-9-18(10-8-13)21(19,20)12-14-3-5-15(16)6-4-14/h3-6,13,17H,2,7-12H2,1H3. The number of nitrogens with one attached hydrogen (secondary N) is 1. The summed E-state index contributed by atoms with van der Waals surface area (Å²) in [6, 6.07) is 5.66.